The van der Waals surface area contributed by atoms with Gasteiger partial charge in [0.25, 0.3) is 5.79 Å². The van der Waals surface area contributed by atoms with Gasteiger partial charge in [0.1, 0.15) is 11.6 Å². The van der Waals surface area contributed by atoms with Crippen LogP contribution in [0, 0.1) is 5.82 Å². The van der Waals surface area contributed by atoms with Crippen molar-refractivity contribution in [2.75, 3.05) is 26.8 Å². The zero-order valence-electron chi connectivity index (χ0n) is 22.9. The second-order valence-electron chi connectivity index (χ2n) is 10.5. The monoisotopic (exact) mass is 583 g/mol. The minimum Gasteiger partial charge on any atom is -0.444 e. The molecule has 0 spiro atoms. The molecule has 1 saturated heterocycles. The summed E-state index contributed by atoms with van der Waals surface area (Å²) in [4.78, 5) is 21.0. The predicted molar refractivity (Wildman–Crippen MR) is 148 cm³/mol. The molecule has 0 amide bonds. The number of H-pyrrole nitrogens is 1. The van der Waals surface area contributed by atoms with Gasteiger partial charge in [-0.05, 0) is 56.1 Å². The zero-order chi connectivity index (χ0) is 28.6. The van der Waals surface area contributed by atoms with Crippen LogP contribution in [0.3, 0.4) is 0 Å². The van der Waals surface area contributed by atoms with Gasteiger partial charge in [0, 0.05) is 43.1 Å². The average molecular weight is 584 g/mol. The van der Waals surface area contributed by atoms with E-state index in [1.165, 1.54) is 6.07 Å². The molecule has 2 aromatic heterocycles. The van der Waals surface area contributed by atoms with Gasteiger partial charge in [-0.1, -0.05) is 28.9 Å². The quantitative estimate of drug-likeness (QED) is 0.304. The van der Waals surface area contributed by atoms with Crippen molar-refractivity contribution in [3.63, 3.8) is 0 Å². The number of piperidine rings is 1. The van der Waals surface area contributed by atoms with Crippen LogP contribution in [0.5, 0.6) is 11.5 Å². The van der Waals surface area contributed by atoms with E-state index in [9.17, 15) is 9.18 Å². The molecule has 0 bridgehead atoms. The Balaban J connectivity index is 1.14. The molecule has 4 aromatic rings. The number of aromatic nitrogens is 4. The van der Waals surface area contributed by atoms with Gasteiger partial charge in [-0.15, -0.1) is 0 Å². The number of hydrogen-bond acceptors (Lipinski definition) is 8. The molecule has 4 heterocycles. The van der Waals surface area contributed by atoms with Crippen LogP contribution < -0.4 is 15.2 Å². The van der Waals surface area contributed by atoms with E-state index in [4.69, 9.17) is 25.8 Å². The molecule has 1 unspecified atom stereocenters. The highest BCUT2D eigenvalue weighted by Gasteiger charge is 2.43. The maximum atomic E-state index is 14.8. The van der Waals surface area contributed by atoms with Crippen LogP contribution in [0.1, 0.15) is 54.2 Å². The molecule has 0 radical (unpaired) electrons. The first-order valence-electron chi connectivity index (χ1n) is 13.6. The Morgan fingerprint density at radius 1 is 1.22 bits per heavy atom. The maximum absolute atomic E-state index is 14.8. The summed E-state index contributed by atoms with van der Waals surface area (Å²) in [5.74, 6) is 0.630. The molecule has 216 valence electrons. The average Bonchev–Trinajstić information content (AvgIpc) is 3.64. The molecule has 1 fully saturated rings. The summed E-state index contributed by atoms with van der Waals surface area (Å²) in [5.41, 5.74) is 2.30. The summed E-state index contributed by atoms with van der Waals surface area (Å²) in [6, 6.07) is 10.4. The molecule has 2 aliphatic rings. The van der Waals surface area contributed by atoms with Crippen molar-refractivity contribution in [3.8, 4) is 11.5 Å². The van der Waals surface area contributed by atoms with Crippen LogP contribution in [-0.2, 0) is 30.0 Å². The van der Waals surface area contributed by atoms with E-state index < -0.39 is 17.4 Å². The Labute approximate surface area is 241 Å². The van der Waals surface area contributed by atoms with Crippen molar-refractivity contribution < 1.29 is 23.1 Å². The van der Waals surface area contributed by atoms with Crippen molar-refractivity contribution in [1.29, 1.82) is 0 Å². The van der Waals surface area contributed by atoms with E-state index in [0.717, 1.165) is 43.0 Å². The lowest BCUT2D eigenvalue weighted by atomic mass is 9.88. The van der Waals surface area contributed by atoms with E-state index >= 15 is 0 Å². The van der Waals surface area contributed by atoms with Crippen molar-refractivity contribution in [2.45, 2.75) is 51.0 Å². The van der Waals surface area contributed by atoms with Gasteiger partial charge in [-0.25, -0.2) is 14.2 Å². The number of ether oxygens (including phenoxy) is 3. The Morgan fingerprint density at radius 2 is 2.05 bits per heavy atom. The summed E-state index contributed by atoms with van der Waals surface area (Å²) >= 11 is 5.96. The number of rotatable bonds is 9. The lowest BCUT2D eigenvalue weighted by Gasteiger charge is -2.32. The van der Waals surface area contributed by atoms with Crippen molar-refractivity contribution >= 4 is 11.6 Å². The lowest BCUT2D eigenvalue weighted by molar-refractivity contribution is -0.0712. The highest BCUT2D eigenvalue weighted by molar-refractivity contribution is 6.30. The van der Waals surface area contributed by atoms with Crippen molar-refractivity contribution in [3.05, 3.63) is 92.5 Å². The number of likely N-dealkylation sites (tertiary alicyclic amines) is 1. The summed E-state index contributed by atoms with van der Waals surface area (Å²) < 4.78 is 39.3. The predicted octanol–water partition coefficient (Wildman–Crippen LogP) is 4.61. The molecule has 2 aromatic carbocycles. The number of imidazole rings is 1. The maximum Gasteiger partial charge on any atom is 0.438 e. The molecule has 1 N–H and O–H groups in total. The minimum absolute atomic E-state index is 0.273. The third-order valence-corrected chi connectivity index (χ3v) is 8.03. The molecule has 6 rings (SSSR count). The number of hydrogen-bond donors (Lipinski definition) is 1. The Kier molecular flexibility index (Phi) is 7.58. The molecule has 41 heavy (non-hydrogen) atoms. The molecule has 2 aliphatic heterocycles. The fraction of sp³-hybridized carbons (Fsp3) is 0.414. The molecular formula is C29H31ClFN5O5. The van der Waals surface area contributed by atoms with Crippen LogP contribution in [-0.4, -0.2) is 51.4 Å². The van der Waals surface area contributed by atoms with Crippen LogP contribution in [0.25, 0.3) is 0 Å². The molecule has 10 nitrogen and oxygen atoms in total. The summed E-state index contributed by atoms with van der Waals surface area (Å²) in [6.07, 6.45) is 4.08. The molecule has 0 aliphatic carbocycles. The normalized spacial score (nSPS) is 19.2. The number of halogens is 2. The largest absolute Gasteiger partial charge is 0.444 e. The van der Waals surface area contributed by atoms with E-state index in [1.807, 2.05) is 18.3 Å². The first-order valence-corrected chi connectivity index (χ1v) is 14.0. The Morgan fingerprint density at radius 3 is 2.78 bits per heavy atom. The van der Waals surface area contributed by atoms with E-state index in [0.29, 0.717) is 54.0 Å². The van der Waals surface area contributed by atoms with Crippen LogP contribution >= 0.6 is 11.6 Å². The number of benzene rings is 2. The number of aromatic amines is 1. The fourth-order valence-corrected chi connectivity index (χ4v) is 5.88. The lowest BCUT2D eigenvalue weighted by Crippen LogP contribution is -2.34. The highest BCUT2D eigenvalue weighted by Crippen LogP contribution is 2.49. The second kappa shape index (κ2) is 11.3. The van der Waals surface area contributed by atoms with Crippen LogP contribution in [0.4, 0.5) is 4.39 Å². The van der Waals surface area contributed by atoms with E-state index in [2.05, 4.69) is 35.2 Å². The van der Waals surface area contributed by atoms with Gasteiger partial charge in [-0.3, -0.25) is 14.4 Å². The Hall–Kier alpha value is -3.67. The van der Waals surface area contributed by atoms with E-state index in [1.54, 1.807) is 26.2 Å². The third kappa shape index (κ3) is 5.61. The minimum atomic E-state index is -1.27. The van der Waals surface area contributed by atoms with E-state index in [-0.39, 0.29) is 5.92 Å². The highest BCUT2D eigenvalue weighted by atomic mass is 35.5. The van der Waals surface area contributed by atoms with Crippen LogP contribution in [0.15, 0.2) is 51.9 Å². The number of methoxy groups -OCH3 is 1. The van der Waals surface area contributed by atoms with Crippen molar-refractivity contribution in [1.82, 2.24) is 24.6 Å². The first-order chi connectivity index (χ1) is 19.8. The number of fused-ring (bicyclic) bond motifs is 1. The molecule has 1 atom stereocenters. The SMILES string of the molecule is COCCn1c(Cc2noc(=O)[nH]2)cnc1CN1CCC(c2cccc3c2OC(C)(c2ccc(Cl)cc2F)O3)CC1. The second-order valence-corrected chi connectivity index (χ2v) is 11.0. The van der Waals surface area contributed by atoms with Gasteiger partial charge in [0.15, 0.2) is 17.3 Å². The van der Waals surface area contributed by atoms with Crippen LogP contribution in [0.2, 0.25) is 5.02 Å². The number of nitrogens with zero attached hydrogens (tertiary/aromatic N) is 4. The van der Waals surface area contributed by atoms with Gasteiger partial charge in [0.2, 0.25) is 0 Å². The van der Waals surface area contributed by atoms with Gasteiger partial charge in [0.05, 0.1) is 25.1 Å². The molecular weight excluding hydrogens is 553 g/mol. The third-order valence-electron chi connectivity index (χ3n) is 7.80. The topological polar surface area (TPSA) is 108 Å². The van der Waals surface area contributed by atoms with Gasteiger partial charge < -0.3 is 18.8 Å². The van der Waals surface area contributed by atoms with Gasteiger partial charge >= 0.3 is 5.76 Å². The van der Waals surface area contributed by atoms with Gasteiger partial charge in [-0.2, -0.15) is 0 Å². The first kappa shape index (κ1) is 27.5. The Bertz CT molecular complexity index is 1590. The smallest absolute Gasteiger partial charge is 0.438 e. The van der Waals surface area contributed by atoms with Crippen molar-refractivity contribution in [2.24, 2.45) is 0 Å². The summed E-state index contributed by atoms with van der Waals surface area (Å²) in [6.45, 7) is 5.34. The number of para-hydroxylation sites is 1. The number of nitrogens with one attached hydrogen (secondary N) is 1. The molecule has 0 saturated carbocycles. The standard InChI is InChI=1S/C29H31ClFN5O5/c1-29(22-7-6-19(30)14-23(22)31)39-24-5-3-4-21(27(24)40-29)18-8-10-35(11-9-18)17-26-32-16-20(36(26)12-13-38-2)15-25-33-28(37)41-34-25/h3-7,14,16,18H,8-13,15,17H2,1-2H3,(H,33,34,37). The summed E-state index contributed by atoms with van der Waals surface area (Å²) in [7, 11) is 1.67. The molecule has 12 heteroatoms. The fourth-order valence-electron chi connectivity index (χ4n) is 5.72. The zero-order valence-corrected chi connectivity index (χ0v) is 23.6. The summed E-state index contributed by atoms with van der Waals surface area (Å²) in [5, 5.41) is 4.11.